The fraction of sp³-hybridized carbons (Fsp3) is 0.188. The van der Waals surface area contributed by atoms with E-state index in [1.807, 2.05) is 0 Å². The van der Waals surface area contributed by atoms with Gasteiger partial charge in [-0.2, -0.15) is 5.26 Å². The van der Waals surface area contributed by atoms with Gasteiger partial charge in [-0.05, 0) is 54.4 Å². The fourth-order valence-corrected chi connectivity index (χ4v) is 1.95. The van der Waals surface area contributed by atoms with Gasteiger partial charge in [0.15, 0.2) is 0 Å². The predicted octanol–water partition coefficient (Wildman–Crippen LogP) is 2.92. The summed E-state index contributed by atoms with van der Waals surface area (Å²) in [6, 6.07) is 10.2. The van der Waals surface area contributed by atoms with Crippen LogP contribution in [-0.2, 0) is 13.0 Å². The zero-order valence-electron chi connectivity index (χ0n) is 11.3. The molecule has 0 saturated carbocycles. The van der Waals surface area contributed by atoms with E-state index in [2.05, 4.69) is 0 Å². The van der Waals surface area contributed by atoms with E-state index in [0.29, 0.717) is 29.8 Å². The second-order valence-electron chi connectivity index (χ2n) is 4.51. The molecule has 3 nitrogen and oxygen atoms in total. The van der Waals surface area contributed by atoms with Crippen LogP contribution >= 0.6 is 0 Å². The van der Waals surface area contributed by atoms with Crippen molar-refractivity contribution in [3.63, 3.8) is 0 Å². The molecule has 0 atom stereocenters. The quantitative estimate of drug-likeness (QED) is 0.920. The van der Waals surface area contributed by atoms with Crippen LogP contribution in [-0.4, -0.2) is 6.54 Å². The molecule has 0 bridgehead atoms. The lowest BCUT2D eigenvalue weighted by atomic mass is 10.1. The molecule has 108 valence electrons. The molecular formula is C16H14F2N2O. The molecule has 0 fully saturated rings. The van der Waals surface area contributed by atoms with Crippen molar-refractivity contribution in [2.24, 2.45) is 5.73 Å². The van der Waals surface area contributed by atoms with E-state index in [-0.39, 0.29) is 18.0 Å². The summed E-state index contributed by atoms with van der Waals surface area (Å²) in [7, 11) is 0. The van der Waals surface area contributed by atoms with Gasteiger partial charge in [0.2, 0.25) is 0 Å². The number of nitrogens with two attached hydrogens (primary N) is 1. The number of rotatable bonds is 5. The largest absolute Gasteiger partial charge is 0.489 e. The molecular weight excluding hydrogens is 274 g/mol. The molecule has 0 saturated heterocycles. The summed E-state index contributed by atoms with van der Waals surface area (Å²) in [5, 5.41) is 8.79. The molecule has 2 aromatic carbocycles. The van der Waals surface area contributed by atoms with Crippen molar-refractivity contribution in [1.29, 1.82) is 5.26 Å². The zero-order valence-corrected chi connectivity index (χ0v) is 11.3. The molecule has 21 heavy (non-hydrogen) atoms. The lowest BCUT2D eigenvalue weighted by molar-refractivity contribution is 0.302. The third kappa shape index (κ3) is 3.77. The summed E-state index contributed by atoms with van der Waals surface area (Å²) in [5.74, 6) is -0.379. The Kier molecular flexibility index (Phi) is 4.85. The third-order valence-electron chi connectivity index (χ3n) is 2.98. The Morgan fingerprint density at radius 2 is 1.95 bits per heavy atom. The van der Waals surface area contributed by atoms with Crippen molar-refractivity contribution < 1.29 is 13.5 Å². The van der Waals surface area contributed by atoms with Gasteiger partial charge in [0.05, 0.1) is 5.56 Å². The monoisotopic (exact) mass is 288 g/mol. The van der Waals surface area contributed by atoms with Crippen LogP contribution in [0, 0.1) is 23.0 Å². The van der Waals surface area contributed by atoms with Crippen molar-refractivity contribution in [3.8, 4) is 11.8 Å². The summed E-state index contributed by atoms with van der Waals surface area (Å²) in [5.41, 5.74) is 6.80. The summed E-state index contributed by atoms with van der Waals surface area (Å²) < 4.78 is 32.0. The van der Waals surface area contributed by atoms with E-state index in [1.54, 1.807) is 12.1 Å². The van der Waals surface area contributed by atoms with Gasteiger partial charge >= 0.3 is 0 Å². The molecule has 0 unspecified atom stereocenters. The number of halogens is 2. The van der Waals surface area contributed by atoms with Gasteiger partial charge in [-0.25, -0.2) is 8.78 Å². The van der Waals surface area contributed by atoms with Gasteiger partial charge in [-0.3, -0.25) is 0 Å². The molecule has 0 heterocycles. The maximum atomic E-state index is 13.2. The van der Waals surface area contributed by atoms with Crippen LogP contribution in [0.4, 0.5) is 8.78 Å². The van der Waals surface area contributed by atoms with Crippen LogP contribution in [0.2, 0.25) is 0 Å². The number of nitrogens with zero attached hydrogens (tertiary/aromatic N) is 1. The van der Waals surface area contributed by atoms with Gasteiger partial charge in [-0.1, -0.05) is 6.07 Å². The molecule has 0 aliphatic rings. The number of nitriles is 1. The molecule has 2 N–H and O–H groups in total. The summed E-state index contributed by atoms with van der Waals surface area (Å²) in [6.07, 6.45) is 0.500. The van der Waals surface area contributed by atoms with E-state index in [9.17, 15) is 8.78 Å². The van der Waals surface area contributed by atoms with Crippen LogP contribution in [0.1, 0.15) is 16.7 Å². The first-order valence-electron chi connectivity index (χ1n) is 6.44. The molecule has 0 aliphatic carbocycles. The maximum absolute atomic E-state index is 13.2. The molecule has 0 spiro atoms. The predicted molar refractivity (Wildman–Crippen MR) is 74.6 cm³/mol. The smallest absolute Gasteiger partial charge is 0.140 e. The highest BCUT2D eigenvalue weighted by Gasteiger charge is 2.07. The number of benzene rings is 2. The minimum absolute atomic E-state index is 0.0302. The van der Waals surface area contributed by atoms with Gasteiger partial charge in [0.1, 0.15) is 30.1 Å². The minimum Gasteiger partial charge on any atom is -0.489 e. The second kappa shape index (κ2) is 6.82. The van der Waals surface area contributed by atoms with Gasteiger partial charge < -0.3 is 10.5 Å². The maximum Gasteiger partial charge on any atom is 0.140 e. The van der Waals surface area contributed by atoms with Crippen LogP contribution < -0.4 is 10.5 Å². The lowest BCUT2D eigenvalue weighted by Crippen LogP contribution is -2.06. The van der Waals surface area contributed by atoms with Crippen molar-refractivity contribution in [3.05, 3.63) is 64.7 Å². The first-order valence-corrected chi connectivity index (χ1v) is 6.44. The molecule has 0 amide bonds. The van der Waals surface area contributed by atoms with Crippen LogP contribution in [0.25, 0.3) is 0 Å². The average molecular weight is 288 g/mol. The summed E-state index contributed by atoms with van der Waals surface area (Å²) >= 11 is 0. The Labute approximate surface area is 121 Å². The van der Waals surface area contributed by atoms with Crippen molar-refractivity contribution in [1.82, 2.24) is 0 Å². The van der Waals surface area contributed by atoms with E-state index in [4.69, 9.17) is 15.7 Å². The standard InChI is InChI=1S/C16H14F2N2O/c17-14-2-4-16(12(8-14)5-6-19)21-10-11-1-3-15(18)13(7-11)9-20/h1-4,7-8H,5-6,10,19H2. The first kappa shape index (κ1) is 14.9. The average Bonchev–Trinajstić information content (AvgIpc) is 2.48. The number of ether oxygens (including phenoxy) is 1. The second-order valence-corrected chi connectivity index (χ2v) is 4.51. The Morgan fingerprint density at radius 1 is 1.14 bits per heavy atom. The van der Waals surface area contributed by atoms with E-state index >= 15 is 0 Å². The lowest BCUT2D eigenvalue weighted by Gasteiger charge is -2.11. The summed E-state index contributed by atoms with van der Waals surface area (Å²) in [6.45, 7) is 0.549. The van der Waals surface area contributed by atoms with E-state index < -0.39 is 5.82 Å². The van der Waals surface area contributed by atoms with Crippen LogP contribution in [0.15, 0.2) is 36.4 Å². The molecule has 0 aromatic heterocycles. The fourth-order valence-electron chi connectivity index (χ4n) is 1.95. The molecule has 0 radical (unpaired) electrons. The molecule has 2 rings (SSSR count). The van der Waals surface area contributed by atoms with Crippen molar-refractivity contribution in [2.75, 3.05) is 6.54 Å². The Balaban J connectivity index is 2.15. The molecule has 0 aliphatic heterocycles. The Morgan fingerprint density at radius 3 is 2.67 bits per heavy atom. The highest BCUT2D eigenvalue weighted by molar-refractivity contribution is 5.36. The van der Waals surface area contributed by atoms with Crippen molar-refractivity contribution >= 4 is 0 Å². The van der Waals surface area contributed by atoms with Gasteiger partial charge in [0, 0.05) is 0 Å². The van der Waals surface area contributed by atoms with E-state index in [0.717, 1.165) is 0 Å². The SMILES string of the molecule is N#Cc1cc(COc2ccc(F)cc2CCN)ccc1F. The van der Waals surface area contributed by atoms with Gasteiger partial charge in [0.25, 0.3) is 0 Å². The van der Waals surface area contributed by atoms with Crippen LogP contribution in [0.3, 0.4) is 0 Å². The number of hydrogen-bond acceptors (Lipinski definition) is 3. The highest BCUT2D eigenvalue weighted by Crippen LogP contribution is 2.21. The third-order valence-corrected chi connectivity index (χ3v) is 2.98. The highest BCUT2D eigenvalue weighted by atomic mass is 19.1. The van der Waals surface area contributed by atoms with Crippen LogP contribution in [0.5, 0.6) is 5.75 Å². The Hall–Kier alpha value is -2.45. The molecule has 2 aromatic rings. The molecule has 5 heteroatoms. The minimum atomic E-state index is -0.563. The zero-order chi connectivity index (χ0) is 15.2. The normalized spacial score (nSPS) is 10.2. The number of hydrogen-bond donors (Lipinski definition) is 1. The summed E-state index contributed by atoms with van der Waals surface area (Å²) in [4.78, 5) is 0. The van der Waals surface area contributed by atoms with Gasteiger partial charge in [-0.15, -0.1) is 0 Å². The Bertz CT molecular complexity index is 680. The van der Waals surface area contributed by atoms with Crippen molar-refractivity contribution in [2.45, 2.75) is 13.0 Å². The first-order chi connectivity index (χ1) is 10.1. The topological polar surface area (TPSA) is 59.0 Å². The van der Waals surface area contributed by atoms with E-state index in [1.165, 1.54) is 30.3 Å².